The third-order valence-electron chi connectivity index (χ3n) is 0.674. The zero-order valence-electron chi connectivity index (χ0n) is 4.32. The van der Waals surface area contributed by atoms with Crippen LogP contribution in [0.4, 0.5) is 0 Å². The number of alkyl halides is 2. The molecule has 0 rings (SSSR count). The molecule has 0 unspecified atom stereocenters. The van der Waals surface area contributed by atoms with Crippen molar-refractivity contribution in [3.05, 3.63) is 6.42 Å². The third-order valence-corrected chi connectivity index (χ3v) is 1.11. The zero-order valence-corrected chi connectivity index (χ0v) is 5.84. The second-order valence-corrected chi connectivity index (χ2v) is 2.65. The van der Waals surface area contributed by atoms with Crippen molar-refractivity contribution in [1.82, 2.24) is 0 Å². The SMILES string of the molecule is C[CH]CCC(Cl)Cl. The second-order valence-electron chi connectivity index (χ2n) is 1.38. The summed E-state index contributed by atoms with van der Waals surface area (Å²) in [6.45, 7) is 2.00. The lowest BCUT2D eigenvalue weighted by molar-refractivity contribution is 0.874. The first-order valence-electron chi connectivity index (χ1n) is 2.33. The minimum absolute atomic E-state index is 0.184. The molecule has 0 saturated heterocycles. The van der Waals surface area contributed by atoms with Crippen molar-refractivity contribution in [2.24, 2.45) is 0 Å². The molecule has 0 nitrogen and oxygen atoms in total. The highest BCUT2D eigenvalue weighted by molar-refractivity contribution is 6.44. The van der Waals surface area contributed by atoms with Gasteiger partial charge in [-0.1, -0.05) is 6.92 Å². The van der Waals surface area contributed by atoms with Crippen LogP contribution in [0.15, 0.2) is 0 Å². The Hall–Kier alpha value is 0.580. The highest BCUT2D eigenvalue weighted by atomic mass is 35.5. The summed E-state index contributed by atoms with van der Waals surface area (Å²) in [5.41, 5.74) is 0. The Balaban J connectivity index is 2.68. The van der Waals surface area contributed by atoms with E-state index in [1.165, 1.54) is 0 Å². The molecule has 0 heterocycles. The van der Waals surface area contributed by atoms with Crippen molar-refractivity contribution in [2.75, 3.05) is 0 Å². The fourth-order valence-corrected chi connectivity index (χ4v) is 0.545. The highest BCUT2D eigenvalue weighted by Crippen LogP contribution is 2.09. The van der Waals surface area contributed by atoms with Crippen LogP contribution in [0, 0.1) is 6.42 Å². The summed E-state index contributed by atoms with van der Waals surface area (Å²) in [6.07, 6.45) is 3.94. The maximum absolute atomic E-state index is 5.40. The van der Waals surface area contributed by atoms with Crippen molar-refractivity contribution < 1.29 is 0 Å². The molecule has 0 aliphatic heterocycles. The number of unbranched alkanes of at least 4 members (excludes halogenated alkanes) is 1. The molecule has 0 aromatic rings. The van der Waals surface area contributed by atoms with Crippen molar-refractivity contribution >= 4 is 23.2 Å². The predicted octanol–water partition coefficient (Wildman–Crippen LogP) is 2.79. The van der Waals surface area contributed by atoms with Gasteiger partial charge >= 0.3 is 0 Å². The van der Waals surface area contributed by atoms with E-state index in [2.05, 4.69) is 6.42 Å². The first-order chi connectivity index (χ1) is 3.27. The maximum Gasteiger partial charge on any atom is 0.107 e. The van der Waals surface area contributed by atoms with Crippen LogP contribution in [-0.4, -0.2) is 4.84 Å². The van der Waals surface area contributed by atoms with Gasteiger partial charge in [0.2, 0.25) is 0 Å². The first-order valence-corrected chi connectivity index (χ1v) is 3.20. The van der Waals surface area contributed by atoms with Gasteiger partial charge in [-0.3, -0.25) is 0 Å². The van der Waals surface area contributed by atoms with Crippen LogP contribution in [-0.2, 0) is 0 Å². The number of halogens is 2. The second kappa shape index (κ2) is 4.73. The van der Waals surface area contributed by atoms with E-state index >= 15 is 0 Å². The summed E-state index contributed by atoms with van der Waals surface area (Å²) < 4.78 is 0. The average Bonchev–Trinajstić information content (AvgIpc) is 1.61. The Morgan fingerprint density at radius 3 is 2.29 bits per heavy atom. The molecule has 0 aromatic carbocycles. The quantitative estimate of drug-likeness (QED) is 0.528. The van der Waals surface area contributed by atoms with Gasteiger partial charge in [0.05, 0.1) is 0 Å². The van der Waals surface area contributed by atoms with Gasteiger partial charge in [-0.25, -0.2) is 0 Å². The van der Waals surface area contributed by atoms with Gasteiger partial charge in [0, 0.05) is 0 Å². The Bertz CT molecular complexity index is 35.1. The highest BCUT2D eigenvalue weighted by Gasteiger charge is 1.94. The molecule has 0 aromatic heterocycles. The van der Waals surface area contributed by atoms with E-state index in [0.717, 1.165) is 12.8 Å². The molecule has 43 valence electrons. The molecule has 0 aliphatic carbocycles. The fraction of sp³-hybridized carbons (Fsp3) is 0.800. The van der Waals surface area contributed by atoms with Crippen LogP contribution in [0.5, 0.6) is 0 Å². The summed E-state index contributed by atoms with van der Waals surface area (Å²) in [5.74, 6) is 0. The fourth-order valence-electron chi connectivity index (χ4n) is 0.293. The number of rotatable bonds is 3. The molecule has 0 N–H and O–H groups in total. The summed E-state index contributed by atoms with van der Waals surface area (Å²) >= 11 is 10.8. The minimum Gasteiger partial charge on any atom is -0.105 e. The molecule has 0 spiro atoms. The van der Waals surface area contributed by atoms with Crippen molar-refractivity contribution in [1.29, 1.82) is 0 Å². The molecule has 7 heavy (non-hydrogen) atoms. The van der Waals surface area contributed by atoms with E-state index in [4.69, 9.17) is 23.2 Å². The van der Waals surface area contributed by atoms with Gasteiger partial charge in [0.15, 0.2) is 0 Å². The van der Waals surface area contributed by atoms with Gasteiger partial charge in [0.25, 0.3) is 0 Å². The van der Waals surface area contributed by atoms with E-state index in [1.807, 2.05) is 6.92 Å². The topological polar surface area (TPSA) is 0 Å². The maximum atomic E-state index is 5.40. The van der Waals surface area contributed by atoms with Crippen LogP contribution in [0.25, 0.3) is 0 Å². The number of hydrogen-bond acceptors (Lipinski definition) is 0. The molecular formula is C5H9Cl2. The van der Waals surface area contributed by atoms with E-state index in [0.29, 0.717) is 0 Å². The molecular weight excluding hydrogens is 131 g/mol. The first kappa shape index (κ1) is 7.58. The van der Waals surface area contributed by atoms with Crippen molar-refractivity contribution in [3.63, 3.8) is 0 Å². The summed E-state index contributed by atoms with van der Waals surface area (Å²) in [5, 5.41) is 0. The standard InChI is InChI=1S/C5H9Cl2/c1-2-3-4-5(6)7/h2,5H,3-4H2,1H3. The largest absolute Gasteiger partial charge is 0.107 e. The monoisotopic (exact) mass is 139 g/mol. The molecule has 1 radical (unpaired) electrons. The Kier molecular flexibility index (Phi) is 5.12. The summed E-state index contributed by atoms with van der Waals surface area (Å²) in [6, 6.07) is 0. The van der Waals surface area contributed by atoms with Gasteiger partial charge < -0.3 is 0 Å². The zero-order chi connectivity index (χ0) is 5.70. The van der Waals surface area contributed by atoms with Crippen molar-refractivity contribution in [2.45, 2.75) is 24.6 Å². The minimum atomic E-state index is -0.184. The Morgan fingerprint density at radius 1 is 1.57 bits per heavy atom. The lowest BCUT2D eigenvalue weighted by Gasteiger charge is -1.94. The summed E-state index contributed by atoms with van der Waals surface area (Å²) in [7, 11) is 0. The predicted molar refractivity (Wildman–Crippen MR) is 34.7 cm³/mol. The smallest absolute Gasteiger partial charge is 0.105 e. The van der Waals surface area contributed by atoms with E-state index in [-0.39, 0.29) is 4.84 Å². The molecule has 0 fully saturated rings. The van der Waals surface area contributed by atoms with E-state index < -0.39 is 0 Å². The molecule has 0 aliphatic rings. The van der Waals surface area contributed by atoms with Crippen LogP contribution in [0.1, 0.15) is 19.8 Å². The lowest BCUT2D eigenvalue weighted by atomic mass is 10.3. The van der Waals surface area contributed by atoms with Gasteiger partial charge in [-0.2, -0.15) is 0 Å². The van der Waals surface area contributed by atoms with Crippen LogP contribution < -0.4 is 0 Å². The lowest BCUT2D eigenvalue weighted by Crippen LogP contribution is -1.83. The Morgan fingerprint density at radius 2 is 2.14 bits per heavy atom. The molecule has 0 amide bonds. The molecule has 0 atom stereocenters. The summed E-state index contributed by atoms with van der Waals surface area (Å²) in [4.78, 5) is -0.184. The van der Waals surface area contributed by atoms with Crippen LogP contribution >= 0.6 is 23.2 Å². The van der Waals surface area contributed by atoms with E-state index in [1.54, 1.807) is 0 Å². The van der Waals surface area contributed by atoms with Crippen molar-refractivity contribution in [3.8, 4) is 0 Å². The third kappa shape index (κ3) is 6.58. The Labute approximate surface area is 54.8 Å². The van der Waals surface area contributed by atoms with Gasteiger partial charge in [0.1, 0.15) is 4.84 Å². The molecule has 0 bridgehead atoms. The molecule has 0 saturated carbocycles. The van der Waals surface area contributed by atoms with Gasteiger partial charge in [-0.05, 0) is 19.3 Å². The van der Waals surface area contributed by atoms with Gasteiger partial charge in [-0.15, -0.1) is 23.2 Å². The average molecular weight is 140 g/mol. The number of hydrogen-bond donors (Lipinski definition) is 0. The van der Waals surface area contributed by atoms with E-state index in [9.17, 15) is 0 Å². The van der Waals surface area contributed by atoms with Crippen LogP contribution in [0.3, 0.4) is 0 Å². The van der Waals surface area contributed by atoms with Crippen LogP contribution in [0.2, 0.25) is 0 Å². The molecule has 2 heteroatoms. The normalized spacial score (nSPS) is 10.3.